The van der Waals surface area contributed by atoms with Gasteiger partial charge in [0.15, 0.2) is 0 Å². The predicted octanol–water partition coefficient (Wildman–Crippen LogP) is 8.32. The van der Waals surface area contributed by atoms with Crippen molar-refractivity contribution in [1.82, 2.24) is 4.98 Å². The summed E-state index contributed by atoms with van der Waals surface area (Å²) < 4.78 is 0. The van der Waals surface area contributed by atoms with Crippen LogP contribution < -0.4 is 0 Å². The van der Waals surface area contributed by atoms with Crippen molar-refractivity contribution < 1.29 is 14.9 Å². The van der Waals surface area contributed by atoms with Crippen LogP contribution in [-0.4, -0.2) is 29.6 Å². The molecule has 5 rings (SSSR count). The zero-order chi connectivity index (χ0) is 27.1. The molecule has 0 aliphatic heterocycles. The Morgan fingerprint density at radius 2 is 1.82 bits per heavy atom. The third-order valence-electron chi connectivity index (χ3n) is 7.41. The summed E-state index contributed by atoms with van der Waals surface area (Å²) in [6, 6.07) is 27.1. The Labute approximate surface area is 240 Å². The van der Waals surface area contributed by atoms with Crippen molar-refractivity contribution in [2.45, 2.75) is 37.5 Å². The monoisotopic (exact) mass is 559 g/mol. The minimum atomic E-state index is 0.106. The molecule has 0 spiro atoms. The molecule has 0 amide bonds. The van der Waals surface area contributed by atoms with Crippen molar-refractivity contribution in [2.75, 3.05) is 19.5 Å². The third kappa shape index (κ3) is 7.50. The highest BCUT2D eigenvalue weighted by atomic mass is 35.5. The number of nitrogens with zero attached hydrogens (tertiary/aromatic N) is 1. The van der Waals surface area contributed by atoms with E-state index in [0.29, 0.717) is 16.9 Å². The first kappa shape index (κ1) is 27.9. The van der Waals surface area contributed by atoms with E-state index in [1.165, 1.54) is 18.2 Å². The Morgan fingerprint density at radius 1 is 1.00 bits per heavy atom. The lowest BCUT2D eigenvalue weighted by Gasteiger charge is -2.21. The molecule has 6 heteroatoms. The van der Waals surface area contributed by atoms with Gasteiger partial charge in [0.1, 0.15) is 6.61 Å². The van der Waals surface area contributed by atoms with E-state index >= 15 is 0 Å². The van der Waals surface area contributed by atoms with Crippen LogP contribution in [0.4, 0.5) is 0 Å². The first-order chi connectivity index (χ1) is 19.1. The Kier molecular flexibility index (Phi) is 9.38. The van der Waals surface area contributed by atoms with Gasteiger partial charge in [-0.3, -0.25) is 0 Å². The van der Waals surface area contributed by atoms with Gasteiger partial charge in [0, 0.05) is 33.4 Å². The lowest BCUT2D eigenvalue weighted by molar-refractivity contribution is -0.282. The van der Waals surface area contributed by atoms with E-state index in [4.69, 9.17) is 26.4 Å². The van der Waals surface area contributed by atoms with Gasteiger partial charge < -0.3 is 5.11 Å². The number of thioether (sulfide) groups is 1. The van der Waals surface area contributed by atoms with Crippen molar-refractivity contribution in [3.8, 4) is 0 Å². The van der Waals surface area contributed by atoms with Gasteiger partial charge >= 0.3 is 0 Å². The average molecular weight is 560 g/mol. The highest BCUT2D eigenvalue weighted by Gasteiger charge is 2.42. The summed E-state index contributed by atoms with van der Waals surface area (Å²) in [6.07, 6.45) is 8.35. The van der Waals surface area contributed by atoms with E-state index in [9.17, 15) is 5.11 Å². The maximum Gasteiger partial charge on any atom is 0.108 e. The molecule has 0 bridgehead atoms. The molecular weight excluding hydrogens is 526 g/mol. The number of aryl methyl sites for hydroxylation is 1. The van der Waals surface area contributed by atoms with Gasteiger partial charge in [-0.2, -0.15) is 11.8 Å². The van der Waals surface area contributed by atoms with Gasteiger partial charge in [0.25, 0.3) is 0 Å². The normalized spacial score (nSPS) is 15.2. The molecule has 1 aliphatic carbocycles. The molecule has 4 aromatic rings. The van der Waals surface area contributed by atoms with Crippen LogP contribution in [0.15, 0.2) is 78.9 Å². The summed E-state index contributed by atoms with van der Waals surface area (Å²) in [4.78, 5) is 14.8. The maximum absolute atomic E-state index is 9.91. The molecule has 0 saturated heterocycles. The van der Waals surface area contributed by atoms with Gasteiger partial charge in [0.05, 0.1) is 18.3 Å². The smallest absolute Gasteiger partial charge is 0.108 e. The topological polar surface area (TPSA) is 51.6 Å². The van der Waals surface area contributed by atoms with E-state index in [1.807, 2.05) is 42.1 Å². The fraction of sp³-hybridized carbons (Fsp3) is 0.303. The zero-order valence-electron chi connectivity index (χ0n) is 22.2. The van der Waals surface area contributed by atoms with Crippen LogP contribution in [0.5, 0.6) is 0 Å². The minimum absolute atomic E-state index is 0.106. The number of fused-ring (bicyclic) bond motifs is 1. The van der Waals surface area contributed by atoms with Crippen molar-refractivity contribution in [1.29, 1.82) is 0 Å². The quantitative estimate of drug-likeness (QED) is 0.132. The van der Waals surface area contributed by atoms with E-state index in [-0.39, 0.29) is 12.0 Å². The fourth-order valence-electron chi connectivity index (χ4n) is 4.74. The molecule has 4 nitrogen and oxygen atoms in total. The van der Waals surface area contributed by atoms with E-state index in [2.05, 4.69) is 60.7 Å². The Hall–Kier alpha value is -2.67. The summed E-state index contributed by atoms with van der Waals surface area (Å²) in [5.41, 5.74) is 6.77. The van der Waals surface area contributed by atoms with Crippen LogP contribution in [0.25, 0.3) is 23.1 Å². The lowest BCUT2D eigenvalue weighted by Crippen LogP contribution is -2.11. The molecule has 1 atom stereocenters. The number of benzene rings is 3. The standard InChI is InChI=1S/C33H34ClNO3S/c1-37-38-21-28-7-3-2-6-25(28)12-16-32(39-23-33(22-36)17-18-33)27-8-4-5-24(19-27)9-14-30-15-11-26-10-13-29(34)20-31(26)35-30/h2-11,13-15,19-20,32,36H,12,16-18,21-23H2,1H3/b14-9+. The van der Waals surface area contributed by atoms with Crippen LogP contribution in [0, 0.1) is 5.41 Å². The van der Waals surface area contributed by atoms with Gasteiger partial charge in [-0.15, -0.1) is 0 Å². The molecule has 1 aromatic heterocycles. The van der Waals surface area contributed by atoms with Gasteiger partial charge in [-0.25, -0.2) is 14.8 Å². The van der Waals surface area contributed by atoms with E-state index < -0.39 is 0 Å². The fourth-order valence-corrected chi connectivity index (χ4v) is 6.47. The molecular formula is C33H34ClNO3S. The van der Waals surface area contributed by atoms with Crippen LogP contribution in [0.2, 0.25) is 5.02 Å². The average Bonchev–Trinajstić information content (AvgIpc) is 3.75. The zero-order valence-corrected chi connectivity index (χ0v) is 23.8. The molecule has 1 fully saturated rings. The Morgan fingerprint density at radius 3 is 2.62 bits per heavy atom. The van der Waals surface area contributed by atoms with Crippen molar-refractivity contribution >= 4 is 46.4 Å². The second-order valence-electron chi connectivity index (χ2n) is 10.3. The minimum Gasteiger partial charge on any atom is -0.396 e. The molecule has 1 saturated carbocycles. The number of pyridine rings is 1. The third-order valence-corrected chi connectivity index (χ3v) is 9.34. The van der Waals surface area contributed by atoms with Crippen molar-refractivity contribution in [3.05, 3.63) is 112 Å². The first-order valence-corrected chi connectivity index (χ1v) is 14.8. The second-order valence-corrected chi connectivity index (χ2v) is 11.9. The number of hydrogen-bond acceptors (Lipinski definition) is 5. The molecule has 1 aliphatic rings. The number of rotatable bonds is 13. The maximum atomic E-state index is 9.91. The highest BCUT2D eigenvalue weighted by molar-refractivity contribution is 7.99. The van der Waals surface area contributed by atoms with Crippen molar-refractivity contribution in [2.24, 2.45) is 5.41 Å². The Bertz CT molecular complexity index is 1440. The van der Waals surface area contributed by atoms with Gasteiger partial charge in [-0.05, 0) is 72.2 Å². The molecule has 3 aromatic carbocycles. The molecule has 1 unspecified atom stereocenters. The summed E-state index contributed by atoms with van der Waals surface area (Å²) in [7, 11) is 1.54. The number of hydrogen-bond donors (Lipinski definition) is 1. The van der Waals surface area contributed by atoms with Crippen molar-refractivity contribution in [3.63, 3.8) is 0 Å². The highest BCUT2D eigenvalue weighted by Crippen LogP contribution is 2.50. The lowest BCUT2D eigenvalue weighted by atomic mass is 9.99. The second kappa shape index (κ2) is 13.1. The summed E-state index contributed by atoms with van der Waals surface area (Å²) in [5, 5.41) is 12.0. The summed E-state index contributed by atoms with van der Waals surface area (Å²) in [5.74, 6) is 0.978. The first-order valence-electron chi connectivity index (χ1n) is 13.4. The number of halogens is 1. The summed E-state index contributed by atoms with van der Waals surface area (Å²) in [6.45, 7) is 0.712. The predicted molar refractivity (Wildman–Crippen MR) is 163 cm³/mol. The van der Waals surface area contributed by atoms with Crippen LogP contribution >= 0.6 is 23.4 Å². The molecule has 0 radical (unpaired) electrons. The number of aromatic nitrogens is 1. The molecule has 39 heavy (non-hydrogen) atoms. The van der Waals surface area contributed by atoms with Crippen LogP contribution in [0.3, 0.4) is 0 Å². The van der Waals surface area contributed by atoms with E-state index in [1.54, 1.807) is 0 Å². The Balaban J connectivity index is 1.34. The largest absolute Gasteiger partial charge is 0.396 e. The SMILES string of the molecule is COOCc1ccccc1CCC(SCC1(CO)CC1)c1cccc(/C=C/c2ccc3ccc(Cl)cc3n2)c1. The molecule has 1 heterocycles. The van der Waals surface area contributed by atoms with Gasteiger partial charge in [0.2, 0.25) is 0 Å². The number of aliphatic hydroxyl groups excluding tert-OH is 1. The molecule has 202 valence electrons. The van der Waals surface area contributed by atoms with Crippen LogP contribution in [0.1, 0.15) is 52.5 Å². The van der Waals surface area contributed by atoms with E-state index in [0.717, 1.165) is 59.2 Å². The molecule has 1 N–H and O–H groups in total. The van der Waals surface area contributed by atoms with Crippen LogP contribution in [-0.2, 0) is 22.8 Å². The number of aliphatic hydroxyl groups is 1. The summed E-state index contributed by atoms with van der Waals surface area (Å²) >= 11 is 8.14. The van der Waals surface area contributed by atoms with Gasteiger partial charge in [-0.1, -0.05) is 78.3 Å².